The molecule has 1 saturated heterocycles. The van der Waals surface area contributed by atoms with E-state index in [9.17, 15) is 5.11 Å². The van der Waals surface area contributed by atoms with Crippen molar-refractivity contribution in [3.8, 4) is 11.8 Å². The minimum absolute atomic E-state index is 0.0906. The van der Waals surface area contributed by atoms with Crippen molar-refractivity contribution < 1.29 is 5.11 Å². The third kappa shape index (κ3) is 2.95. The van der Waals surface area contributed by atoms with Crippen molar-refractivity contribution in [3.63, 3.8) is 0 Å². The molecule has 19 heavy (non-hydrogen) atoms. The Morgan fingerprint density at radius 1 is 1.47 bits per heavy atom. The molecular formula is C15H19N3O. The smallest absolute Gasteiger partial charge is 0.138 e. The zero-order valence-electron chi connectivity index (χ0n) is 11.0. The lowest BCUT2D eigenvalue weighted by Crippen LogP contribution is -2.45. The number of hydrogen-bond donors (Lipinski definition) is 2. The molecular weight excluding hydrogens is 238 g/mol. The number of para-hydroxylation sites is 1. The Kier molecular flexibility index (Phi) is 4.56. The van der Waals surface area contributed by atoms with Crippen LogP contribution in [-0.2, 0) is 0 Å². The number of phenols is 1. The summed E-state index contributed by atoms with van der Waals surface area (Å²) in [6.45, 7) is 7.58. The lowest BCUT2D eigenvalue weighted by molar-refractivity contribution is 0.172. The fraction of sp³-hybridized carbons (Fsp3) is 0.400. The van der Waals surface area contributed by atoms with Crippen LogP contribution < -0.4 is 5.32 Å². The van der Waals surface area contributed by atoms with Gasteiger partial charge in [-0.3, -0.25) is 4.90 Å². The quantitative estimate of drug-likeness (QED) is 0.807. The molecule has 1 atom stereocenters. The van der Waals surface area contributed by atoms with Gasteiger partial charge in [0.25, 0.3) is 0 Å². The van der Waals surface area contributed by atoms with E-state index in [-0.39, 0.29) is 11.8 Å². The SMILES string of the molecule is C=CC[C@H](c1cccc(C#N)c1O)N1CCNCC1. The summed E-state index contributed by atoms with van der Waals surface area (Å²) in [6, 6.07) is 7.48. The summed E-state index contributed by atoms with van der Waals surface area (Å²) in [6.07, 6.45) is 2.63. The fourth-order valence-electron chi connectivity index (χ4n) is 2.54. The Hall–Kier alpha value is -1.83. The van der Waals surface area contributed by atoms with Crippen LogP contribution in [0.25, 0.3) is 0 Å². The highest BCUT2D eigenvalue weighted by Crippen LogP contribution is 2.33. The zero-order valence-corrected chi connectivity index (χ0v) is 11.0. The monoisotopic (exact) mass is 257 g/mol. The molecule has 0 aromatic heterocycles. The summed E-state index contributed by atoms with van der Waals surface area (Å²) in [5, 5.41) is 22.5. The molecule has 1 heterocycles. The second kappa shape index (κ2) is 6.37. The van der Waals surface area contributed by atoms with Crippen molar-refractivity contribution in [2.75, 3.05) is 26.2 Å². The predicted molar refractivity (Wildman–Crippen MR) is 74.8 cm³/mol. The van der Waals surface area contributed by atoms with Gasteiger partial charge in [0.2, 0.25) is 0 Å². The Bertz CT molecular complexity index is 487. The van der Waals surface area contributed by atoms with Crippen LogP contribution in [-0.4, -0.2) is 36.2 Å². The van der Waals surface area contributed by atoms with E-state index in [4.69, 9.17) is 5.26 Å². The van der Waals surface area contributed by atoms with Gasteiger partial charge in [-0.25, -0.2) is 0 Å². The summed E-state index contributed by atoms with van der Waals surface area (Å²) in [7, 11) is 0. The second-order valence-electron chi connectivity index (χ2n) is 4.68. The largest absolute Gasteiger partial charge is 0.506 e. The highest BCUT2D eigenvalue weighted by Gasteiger charge is 2.24. The third-order valence-electron chi connectivity index (χ3n) is 3.53. The maximum Gasteiger partial charge on any atom is 0.138 e. The van der Waals surface area contributed by atoms with Crippen LogP contribution in [0.2, 0.25) is 0 Å². The van der Waals surface area contributed by atoms with Gasteiger partial charge >= 0.3 is 0 Å². The summed E-state index contributed by atoms with van der Waals surface area (Å²) in [5.41, 5.74) is 1.16. The Morgan fingerprint density at radius 2 is 2.21 bits per heavy atom. The first kappa shape index (κ1) is 13.6. The van der Waals surface area contributed by atoms with Gasteiger partial charge in [0.1, 0.15) is 11.8 Å². The third-order valence-corrected chi connectivity index (χ3v) is 3.53. The minimum Gasteiger partial charge on any atom is -0.506 e. The molecule has 1 aliphatic heterocycles. The molecule has 0 saturated carbocycles. The van der Waals surface area contributed by atoms with Crippen molar-refractivity contribution in [3.05, 3.63) is 42.0 Å². The zero-order chi connectivity index (χ0) is 13.7. The number of hydrogen-bond acceptors (Lipinski definition) is 4. The van der Waals surface area contributed by atoms with Crippen molar-refractivity contribution >= 4 is 0 Å². The van der Waals surface area contributed by atoms with Gasteiger partial charge in [-0.1, -0.05) is 18.2 Å². The van der Waals surface area contributed by atoms with Crippen LogP contribution in [0.15, 0.2) is 30.9 Å². The van der Waals surface area contributed by atoms with Gasteiger partial charge in [0.05, 0.1) is 5.56 Å². The van der Waals surface area contributed by atoms with E-state index in [2.05, 4.69) is 16.8 Å². The highest BCUT2D eigenvalue weighted by atomic mass is 16.3. The molecule has 0 aliphatic carbocycles. The molecule has 4 nitrogen and oxygen atoms in total. The van der Waals surface area contributed by atoms with Crippen LogP contribution in [0, 0.1) is 11.3 Å². The average molecular weight is 257 g/mol. The molecule has 2 rings (SSSR count). The first-order chi connectivity index (χ1) is 9.27. The molecule has 0 unspecified atom stereocenters. The topological polar surface area (TPSA) is 59.3 Å². The van der Waals surface area contributed by atoms with E-state index in [1.54, 1.807) is 6.07 Å². The van der Waals surface area contributed by atoms with Crippen LogP contribution >= 0.6 is 0 Å². The first-order valence-corrected chi connectivity index (χ1v) is 6.55. The number of piperazine rings is 1. The molecule has 0 radical (unpaired) electrons. The van der Waals surface area contributed by atoms with Crippen molar-refractivity contribution in [1.29, 1.82) is 5.26 Å². The van der Waals surface area contributed by atoms with Gasteiger partial charge in [0.15, 0.2) is 0 Å². The Morgan fingerprint density at radius 3 is 2.84 bits per heavy atom. The fourth-order valence-corrected chi connectivity index (χ4v) is 2.54. The summed E-state index contributed by atoms with van der Waals surface area (Å²) < 4.78 is 0. The number of nitrogens with one attached hydrogen (secondary N) is 1. The molecule has 4 heteroatoms. The molecule has 0 amide bonds. The molecule has 0 spiro atoms. The van der Waals surface area contributed by atoms with Crippen LogP contribution in [0.3, 0.4) is 0 Å². The van der Waals surface area contributed by atoms with E-state index in [0.29, 0.717) is 5.56 Å². The number of nitrogens with zero attached hydrogens (tertiary/aromatic N) is 2. The summed E-state index contributed by atoms with van der Waals surface area (Å²) >= 11 is 0. The second-order valence-corrected chi connectivity index (χ2v) is 4.68. The summed E-state index contributed by atoms with van der Waals surface area (Å²) in [4.78, 5) is 2.33. The first-order valence-electron chi connectivity index (χ1n) is 6.55. The molecule has 100 valence electrons. The molecule has 1 aliphatic rings. The van der Waals surface area contributed by atoms with Crippen molar-refractivity contribution in [1.82, 2.24) is 10.2 Å². The lowest BCUT2D eigenvalue weighted by atomic mass is 9.98. The van der Waals surface area contributed by atoms with Gasteiger partial charge in [-0.15, -0.1) is 6.58 Å². The van der Waals surface area contributed by atoms with Crippen molar-refractivity contribution in [2.24, 2.45) is 0 Å². The molecule has 1 aromatic rings. The maximum absolute atomic E-state index is 10.2. The minimum atomic E-state index is 0.0906. The van der Waals surface area contributed by atoms with Gasteiger partial charge in [-0.2, -0.15) is 5.26 Å². The Labute approximate surface area is 114 Å². The number of rotatable bonds is 4. The van der Waals surface area contributed by atoms with E-state index in [0.717, 1.165) is 38.2 Å². The Balaban J connectivity index is 2.33. The van der Waals surface area contributed by atoms with Crippen LogP contribution in [0.5, 0.6) is 5.75 Å². The van der Waals surface area contributed by atoms with Gasteiger partial charge in [0, 0.05) is 37.8 Å². The highest BCUT2D eigenvalue weighted by molar-refractivity contribution is 5.48. The van der Waals surface area contributed by atoms with E-state index in [1.165, 1.54) is 0 Å². The average Bonchev–Trinajstić information content (AvgIpc) is 2.46. The predicted octanol–water partition coefficient (Wildman–Crippen LogP) is 1.79. The van der Waals surface area contributed by atoms with Crippen molar-refractivity contribution in [2.45, 2.75) is 12.5 Å². The van der Waals surface area contributed by atoms with Gasteiger partial charge < -0.3 is 10.4 Å². The van der Waals surface area contributed by atoms with E-state index >= 15 is 0 Å². The molecule has 1 aromatic carbocycles. The molecule has 1 fully saturated rings. The standard InChI is InChI=1S/C15H19N3O/c1-2-4-14(18-9-7-17-8-10-18)13-6-3-5-12(11-16)15(13)19/h2-3,5-6,14,17,19H,1,4,7-10H2/t14-/m1/s1. The number of nitriles is 1. The van der Waals surface area contributed by atoms with Gasteiger partial charge in [-0.05, 0) is 12.5 Å². The maximum atomic E-state index is 10.2. The summed E-state index contributed by atoms with van der Waals surface area (Å²) in [5.74, 6) is 0.107. The van der Waals surface area contributed by atoms with E-state index < -0.39 is 0 Å². The molecule has 2 N–H and O–H groups in total. The number of benzene rings is 1. The van der Waals surface area contributed by atoms with Crippen LogP contribution in [0.4, 0.5) is 0 Å². The van der Waals surface area contributed by atoms with Crippen LogP contribution in [0.1, 0.15) is 23.6 Å². The number of phenolic OH excluding ortho intramolecular Hbond substituents is 1. The molecule has 0 bridgehead atoms. The number of aromatic hydroxyl groups is 1. The normalized spacial score (nSPS) is 17.6. The lowest BCUT2D eigenvalue weighted by Gasteiger charge is -2.35. The van der Waals surface area contributed by atoms with E-state index in [1.807, 2.05) is 24.3 Å².